The highest BCUT2D eigenvalue weighted by Gasteiger charge is 2.35. The van der Waals surface area contributed by atoms with Gasteiger partial charge in [-0.15, -0.1) is 0 Å². The van der Waals surface area contributed by atoms with E-state index in [1.165, 1.54) is 22.3 Å². The van der Waals surface area contributed by atoms with E-state index in [2.05, 4.69) is 45.5 Å². The van der Waals surface area contributed by atoms with Gasteiger partial charge in [0.2, 0.25) is 0 Å². The molecule has 8 rings (SSSR count). The predicted molar refractivity (Wildman–Crippen MR) is 289 cm³/mol. The summed E-state index contributed by atoms with van der Waals surface area (Å²) in [5, 5.41) is 18.1. The van der Waals surface area contributed by atoms with Crippen molar-refractivity contribution in [1.82, 2.24) is 21.3 Å². The van der Waals surface area contributed by atoms with E-state index in [-0.39, 0.29) is 24.2 Å². The van der Waals surface area contributed by atoms with Crippen molar-refractivity contribution in [2.24, 2.45) is 11.8 Å². The molecule has 4 heterocycles. The number of fused-ring (bicyclic) bond motifs is 4. The molecule has 4 aliphatic heterocycles. The molecule has 4 aromatic rings. The van der Waals surface area contributed by atoms with E-state index in [1.54, 1.807) is 56.9 Å². The third kappa shape index (κ3) is 11.1. The fourth-order valence-corrected chi connectivity index (χ4v) is 13.9. The van der Waals surface area contributed by atoms with Gasteiger partial charge in [0.15, 0.2) is 46.0 Å². The van der Waals surface area contributed by atoms with Crippen LogP contribution in [0, 0.1) is 11.8 Å². The molecule has 4 aliphatic rings. The molecule has 0 bridgehead atoms. The molecule has 0 spiro atoms. The maximum atomic E-state index is 7.14. The Balaban J connectivity index is 1.04. The predicted octanol–water partition coefficient (Wildman–Crippen LogP) is 12.4. The van der Waals surface area contributed by atoms with Crippen LogP contribution in [-0.2, 0) is 25.7 Å². The Hall–Kier alpha value is -3.72. The van der Waals surface area contributed by atoms with Crippen molar-refractivity contribution < 1.29 is 37.9 Å². The quantitative estimate of drug-likeness (QED) is 0.0529. The van der Waals surface area contributed by atoms with Crippen LogP contribution < -0.4 is 59.2 Å². The first-order valence-electron chi connectivity index (χ1n) is 25.7. The van der Waals surface area contributed by atoms with Crippen molar-refractivity contribution in [3.05, 3.63) is 88.9 Å². The molecule has 0 aromatic heterocycles. The summed E-state index contributed by atoms with van der Waals surface area (Å²) < 4.78 is 46.2. The van der Waals surface area contributed by atoms with E-state index in [1.807, 2.05) is 0 Å². The van der Waals surface area contributed by atoms with Gasteiger partial charge in [-0.25, -0.2) is 0 Å². The minimum atomic E-state index is 0.0988. The van der Waals surface area contributed by atoms with Crippen LogP contribution in [-0.4, -0.2) is 83.1 Å². The molecule has 4 N–H and O–H groups in total. The zero-order valence-electron chi connectivity index (χ0n) is 43.3. The first-order valence-corrected chi connectivity index (χ1v) is 27.2. The Morgan fingerprint density at radius 1 is 0.389 bits per heavy atom. The van der Waals surface area contributed by atoms with Crippen LogP contribution in [0.15, 0.2) is 24.3 Å². The molecule has 0 fully saturated rings. The normalized spacial score (nSPS) is 20.0. The second kappa shape index (κ2) is 25.2. The van der Waals surface area contributed by atoms with Crippen molar-refractivity contribution >= 4 is 46.4 Å². The van der Waals surface area contributed by atoms with E-state index < -0.39 is 0 Å². The minimum absolute atomic E-state index is 0.0988. The minimum Gasteiger partial charge on any atom is -0.493 e. The summed E-state index contributed by atoms with van der Waals surface area (Å²) in [6.07, 6.45) is 13.5. The topological polar surface area (TPSA) is 122 Å². The van der Waals surface area contributed by atoms with Crippen LogP contribution >= 0.6 is 46.4 Å². The largest absolute Gasteiger partial charge is 0.493 e. The van der Waals surface area contributed by atoms with Gasteiger partial charge < -0.3 is 59.2 Å². The summed E-state index contributed by atoms with van der Waals surface area (Å²) in [5.74, 6) is 5.68. The van der Waals surface area contributed by atoms with Gasteiger partial charge >= 0.3 is 0 Å². The van der Waals surface area contributed by atoms with Gasteiger partial charge in [-0.2, -0.15) is 0 Å². The van der Waals surface area contributed by atoms with Crippen LogP contribution in [0.4, 0.5) is 0 Å². The molecule has 0 aliphatic carbocycles. The maximum Gasteiger partial charge on any atom is 0.179 e. The standard InChI is InChI=1S/C56H74Cl4N4O8/c1-65-43-27-37-33(47(57)53(43)69-5)19-23-61-41(37)17-11-15-31(51-39-29-45(67-3)55(71-7)49(59)35(39)21-25-63-51)13-9-10-14-32(52-40-30-46(68-4)56(72-8)50(60)36(40)22-26-64-52)16-12-18-42-38-28-44(66-2)54(70-6)48(58)34(38)20-24-62-42/h27-32,41-42,51-52,61-64H,9-26H2,1-8H3. The van der Waals surface area contributed by atoms with Crippen molar-refractivity contribution in [3.8, 4) is 46.0 Å². The number of unbranched alkanes of at least 4 members (excludes halogenated alkanes) is 1. The van der Waals surface area contributed by atoms with E-state index in [9.17, 15) is 0 Å². The zero-order chi connectivity index (χ0) is 51.1. The van der Waals surface area contributed by atoms with Crippen LogP contribution in [0.1, 0.15) is 133 Å². The monoisotopic (exact) mass is 1070 g/mol. The SMILES string of the molecule is COc1cc2c(c(Cl)c1OC)CCNC2CCCC(CCCCC(CCCC1NCCc2c1cc(OC)c(OC)c2Cl)C1NCCc2c1cc(OC)c(OC)c2Cl)C1NCCc2c1cc(OC)c(OC)c2Cl. The second-order valence-corrected chi connectivity index (χ2v) is 21.0. The number of halogens is 4. The van der Waals surface area contributed by atoms with Gasteiger partial charge in [0.1, 0.15) is 0 Å². The summed E-state index contributed by atoms with van der Waals surface area (Å²) in [4.78, 5) is 0. The number of benzene rings is 4. The molecule has 0 saturated carbocycles. The number of methoxy groups -OCH3 is 8. The second-order valence-electron chi connectivity index (χ2n) is 19.5. The van der Waals surface area contributed by atoms with Crippen molar-refractivity contribution in [2.45, 2.75) is 114 Å². The average Bonchev–Trinajstić information content (AvgIpc) is 3.40. The fraction of sp³-hybridized carbons (Fsp3) is 0.571. The van der Waals surface area contributed by atoms with Gasteiger partial charge in [0.05, 0.1) is 77.0 Å². The lowest BCUT2D eigenvalue weighted by Gasteiger charge is -2.36. The number of rotatable bonds is 23. The molecule has 72 heavy (non-hydrogen) atoms. The summed E-state index contributed by atoms with van der Waals surface area (Å²) in [7, 11) is 13.3. The summed E-state index contributed by atoms with van der Waals surface area (Å²) in [6.45, 7) is 3.37. The number of ether oxygens (including phenoxy) is 8. The van der Waals surface area contributed by atoms with E-state index in [0.29, 0.717) is 77.9 Å². The Kier molecular flexibility index (Phi) is 19.1. The summed E-state index contributed by atoms with van der Waals surface area (Å²) >= 11 is 28.2. The van der Waals surface area contributed by atoms with Gasteiger partial charge in [-0.3, -0.25) is 0 Å². The lowest BCUT2D eigenvalue weighted by atomic mass is 9.78. The summed E-state index contributed by atoms with van der Waals surface area (Å²) in [5.41, 5.74) is 9.36. The van der Waals surface area contributed by atoms with E-state index >= 15 is 0 Å². The fourth-order valence-electron chi connectivity index (χ4n) is 12.4. The third-order valence-corrected chi connectivity index (χ3v) is 17.5. The molecule has 0 radical (unpaired) electrons. The average molecular weight is 1070 g/mol. The molecular formula is C56H74Cl4N4O8. The molecule has 0 saturated heterocycles. The Morgan fingerprint density at radius 2 is 0.667 bits per heavy atom. The molecule has 16 heteroatoms. The third-order valence-electron chi connectivity index (χ3n) is 15.9. The Morgan fingerprint density at radius 3 is 0.972 bits per heavy atom. The lowest BCUT2D eigenvalue weighted by Crippen LogP contribution is -2.36. The van der Waals surface area contributed by atoms with Crippen LogP contribution in [0.2, 0.25) is 20.1 Å². The zero-order valence-corrected chi connectivity index (χ0v) is 46.3. The maximum absolute atomic E-state index is 7.14. The van der Waals surface area contributed by atoms with E-state index in [0.717, 1.165) is 138 Å². The highest BCUT2D eigenvalue weighted by atomic mass is 35.5. The van der Waals surface area contributed by atoms with Crippen LogP contribution in [0.3, 0.4) is 0 Å². The van der Waals surface area contributed by atoms with Crippen molar-refractivity contribution in [2.75, 3.05) is 83.1 Å². The number of nitrogens with one attached hydrogen (secondary N) is 4. The Labute approximate surface area is 447 Å². The highest BCUT2D eigenvalue weighted by Crippen LogP contribution is 2.50. The van der Waals surface area contributed by atoms with Gasteiger partial charge in [0.25, 0.3) is 0 Å². The molecule has 4 aromatic carbocycles. The van der Waals surface area contributed by atoms with Gasteiger partial charge in [-0.1, -0.05) is 72.1 Å². The highest BCUT2D eigenvalue weighted by molar-refractivity contribution is 6.34. The molecule has 0 amide bonds. The van der Waals surface area contributed by atoms with Crippen LogP contribution in [0.25, 0.3) is 0 Å². The first-order chi connectivity index (χ1) is 35.0. The smallest absolute Gasteiger partial charge is 0.179 e. The van der Waals surface area contributed by atoms with Crippen molar-refractivity contribution in [1.29, 1.82) is 0 Å². The molecule has 6 atom stereocenters. The first kappa shape index (κ1) is 54.5. The van der Waals surface area contributed by atoms with Gasteiger partial charge in [0, 0.05) is 24.2 Å². The Bertz CT molecular complexity index is 2360. The van der Waals surface area contributed by atoms with E-state index in [4.69, 9.17) is 84.3 Å². The van der Waals surface area contributed by atoms with Crippen molar-refractivity contribution in [3.63, 3.8) is 0 Å². The molecular weight excluding hydrogens is 998 g/mol. The molecule has 6 unspecified atom stereocenters. The number of hydrogen-bond acceptors (Lipinski definition) is 12. The molecule has 12 nitrogen and oxygen atoms in total. The summed E-state index contributed by atoms with van der Waals surface area (Å²) in [6, 6.07) is 9.02. The van der Waals surface area contributed by atoms with Crippen LogP contribution in [0.5, 0.6) is 46.0 Å². The lowest BCUT2D eigenvalue weighted by molar-refractivity contribution is 0.265. The van der Waals surface area contributed by atoms with Gasteiger partial charge in [-0.05, 0) is 171 Å². The number of hydrogen-bond donors (Lipinski definition) is 4. The molecule has 394 valence electrons.